The minimum Gasteiger partial charge on any atom is -0.337 e. The van der Waals surface area contributed by atoms with Crippen molar-refractivity contribution in [3.63, 3.8) is 0 Å². The molecular formula is C11H14O2. The van der Waals surface area contributed by atoms with Gasteiger partial charge in [-0.15, -0.1) is 0 Å². The Bertz CT molecular complexity index is 279. The number of benzene rings is 1. The first kappa shape index (κ1) is 9.81. The van der Waals surface area contributed by atoms with E-state index in [1.807, 2.05) is 38.1 Å². The van der Waals surface area contributed by atoms with Gasteiger partial charge in [0.2, 0.25) is 0 Å². The van der Waals surface area contributed by atoms with Crippen LogP contribution in [0, 0.1) is 0 Å². The van der Waals surface area contributed by atoms with Crippen LogP contribution in [0.25, 0.3) is 6.08 Å². The molecule has 1 aromatic carbocycles. The Morgan fingerprint density at radius 3 is 2.77 bits per heavy atom. The number of rotatable bonds is 4. The molecule has 0 radical (unpaired) electrons. The summed E-state index contributed by atoms with van der Waals surface area (Å²) >= 11 is 0. The van der Waals surface area contributed by atoms with Gasteiger partial charge in [0.05, 0.1) is 6.10 Å². The van der Waals surface area contributed by atoms with E-state index in [4.69, 9.17) is 9.78 Å². The molecule has 0 spiro atoms. The molecule has 1 aromatic rings. The molecule has 70 valence electrons. The van der Waals surface area contributed by atoms with Crippen LogP contribution in [0.15, 0.2) is 30.8 Å². The second-order valence-corrected chi connectivity index (χ2v) is 3.00. The lowest BCUT2D eigenvalue weighted by Gasteiger charge is -2.07. The summed E-state index contributed by atoms with van der Waals surface area (Å²) in [4.78, 5) is 10.1. The molecule has 0 aromatic heterocycles. The quantitative estimate of drug-likeness (QED) is 0.521. The highest BCUT2D eigenvalue weighted by molar-refractivity contribution is 5.49. The van der Waals surface area contributed by atoms with E-state index >= 15 is 0 Å². The van der Waals surface area contributed by atoms with Gasteiger partial charge in [0.25, 0.3) is 0 Å². The van der Waals surface area contributed by atoms with Crippen LogP contribution >= 0.6 is 0 Å². The van der Waals surface area contributed by atoms with Crippen LogP contribution in [0.3, 0.4) is 0 Å². The van der Waals surface area contributed by atoms with Crippen molar-refractivity contribution in [1.29, 1.82) is 0 Å². The van der Waals surface area contributed by atoms with Crippen molar-refractivity contribution in [1.82, 2.24) is 0 Å². The molecule has 2 nitrogen and oxygen atoms in total. The van der Waals surface area contributed by atoms with Gasteiger partial charge in [-0.2, -0.15) is 4.89 Å². The standard InChI is InChI=1S/C11H14O2/c1-4-10-6-5-7-11(8-10)13-12-9(2)3/h4-9H,1H2,2-3H3. The first-order valence-corrected chi connectivity index (χ1v) is 4.28. The highest BCUT2D eigenvalue weighted by atomic mass is 17.2. The van der Waals surface area contributed by atoms with E-state index in [1.165, 1.54) is 0 Å². The molecule has 0 amide bonds. The van der Waals surface area contributed by atoms with Crippen LogP contribution in [0.4, 0.5) is 0 Å². The first-order valence-electron chi connectivity index (χ1n) is 4.28. The Balaban J connectivity index is 2.61. The van der Waals surface area contributed by atoms with Gasteiger partial charge in [-0.05, 0) is 31.5 Å². The molecule has 0 atom stereocenters. The fourth-order valence-corrected chi connectivity index (χ4v) is 0.845. The highest BCUT2D eigenvalue weighted by Crippen LogP contribution is 2.14. The van der Waals surface area contributed by atoms with Gasteiger partial charge >= 0.3 is 0 Å². The van der Waals surface area contributed by atoms with Gasteiger partial charge in [0, 0.05) is 0 Å². The normalized spacial score (nSPS) is 10.1. The Morgan fingerprint density at radius 2 is 2.15 bits per heavy atom. The first-order chi connectivity index (χ1) is 6.22. The molecule has 0 fully saturated rings. The van der Waals surface area contributed by atoms with Gasteiger partial charge in [-0.3, -0.25) is 0 Å². The van der Waals surface area contributed by atoms with Crippen molar-refractivity contribution in [2.24, 2.45) is 0 Å². The second kappa shape index (κ2) is 4.67. The summed E-state index contributed by atoms with van der Waals surface area (Å²) in [5, 5.41) is 0. The molecule has 0 saturated heterocycles. The SMILES string of the molecule is C=Cc1cccc(OOC(C)C)c1. The van der Waals surface area contributed by atoms with Crippen molar-refractivity contribution in [2.75, 3.05) is 0 Å². The molecular weight excluding hydrogens is 164 g/mol. The number of hydrogen-bond donors (Lipinski definition) is 0. The highest BCUT2D eigenvalue weighted by Gasteiger charge is 1.97. The minimum absolute atomic E-state index is 0.0624. The summed E-state index contributed by atoms with van der Waals surface area (Å²) in [7, 11) is 0. The van der Waals surface area contributed by atoms with Crippen LogP contribution in [0.2, 0.25) is 0 Å². The van der Waals surface area contributed by atoms with Gasteiger partial charge in [0.15, 0.2) is 5.75 Å². The third-order valence-corrected chi connectivity index (χ3v) is 1.43. The summed E-state index contributed by atoms with van der Waals surface area (Å²) < 4.78 is 0. The Hall–Kier alpha value is -1.28. The zero-order chi connectivity index (χ0) is 9.68. The lowest BCUT2D eigenvalue weighted by molar-refractivity contribution is -0.234. The van der Waals surface area contributed by atoms with Gasteiger partial charge in [-0.1, -0.05) is 24.8 Å². The molecule has 2 heteroatoms. The fourth-order valence-electron chi connectivity index (χ4n) is 0.845. The molecule has 0 aliphatic heterocycles. The zero-order valence-corrected chi connectivity index (χ0v) is 7.99. The molecule has 1 rings (SSSR count). The van der Waals surface area contributed by atoms with Crippen molar-refractivity contribution in [2.45, 2.75) is 20.0 Å². The summed E-state index contributed by atoms with van der Waals surface area (Å²) in [6.45, 7) is 7.50. The molecule has 0 unspecified atom stereocenters. The average Bonchev–Trinajstić information content (AvgIpc) is 2.15. The third-order valence-electron chi connectivity index (χ3n) is 1.43. The molecule has 0 aliphatic rings. The van der Waals surface area contributed by atoms with Gasteiger partial charge in [0.1, 0.15) is 0 Å². The molecule has 0 N–H and O–H groups in total. The average molecular weight is 178 g/mol. The monoisotopic (exact) mass is 178 g/mol. The minimum atomic E-state index is 0.0624. The van der Waals surface area contributed by atoms with Crippen molar-refractivity contribution in [3.8, 4) is 5.75 Å². The van der Waals surface area contributed by atoms with Crippen LogP contribution < -0.4 is 4.89 Å². The summed E-state index contributed by atoms with van der Waals surface area (Å²) in [6, 6.07) is 7.57. The zero-order valence-electron chi connectivity index (χ0n) is 7.99. The summed E-state index contributed by atoms with van der Waals surface area (Å²) in [5.74, 6) is 0.700. The molecule has 0 saturated carbocycles. The van der Waals surface area contributed by atoms with E-state index in [1.54, 1.807) is 6.08 Å². The van der Waals surface area contributed by atoms with E-state index in [9.17, 15) is 0 Å². The largest absolute Gasteiger partial charge is 0.337 e. The maximum atomic E-state index is 5.06. The van der Waals surface area contributed by atoms with Crippen molar-refractivity contribution < 1.29 is 9.78 Å². The van der Waals surface area contributed by atoms with Crippen molar-refractivity contribution in [3.05, 3.63) is 36.4 Å². The summed E-state index contributed by atoms with van der Waals surface area (Å²) in [6.07, 6.45) is 1.83. The van der Waals surface area contributed by atoms with E-state index in [0.29, 0.717) is 5.75 Å². The maximum absolute atomic E-state index is 5.06. The van der Waals surface area contributed by atoms with E-state index in [-0.39, 0.29) is 6.10 Å². The Kier molecular flexibility index (Phi) is 3.53. The third kappa shape index (κ3) is 3.30. The van der Waals surface area contributed by atoms with E-state index < -0.39 is 0 Å². The molecule has 13 heavy (non-hydrogen) atoms. The molecule has 0 aliphatic carbocycles. The lowest BCUT2D eigenvalue weighted by Crippen LogP contribution is -2.05. The smallest absolute Gasteiger partial charge is 0.166 e. The Morgan fingerprint density at radius 1 is 1.38 bits per heavy atom. The second-order valence-electron chi connectivity index (χ2n) is 3.00. The predicted octanol–water partition coefficient (Wildman–Crippen LogP) is 3.05. The van der Waals surface area contributed by atoms with Crippen LogP contribution in [-0.2, 0) is 4.89 Å². The van der Waals surface area contributed by atoms with E-state index in [0.717, 1.165) is 5.56 Å². The van der Waals surface area contributed by atoms with Crippen LogP contribution in [0.5, 0.6) is 5.75 Å². The van der Waals surface area contributed by atoms with Gasteiger partial charge in [-0.25, -0.2) is 0 Å². The summed E-state index contributed by atoms with van der Waals surface area (Å²) in [5.41, 5.74) is 1.02. The lowest BCUT2D eigenvalue weighted by atomic mass is 10.2. The van der Waals surface area contributed by atoms with E-state index in [2.05, 4.69) is 6.58 Å². The molecule has 0 heterocycles. The Labute approximate surface area is 78.7 Å². The van der Waals surface area contributed by atoms with Crippen LogP contribution in [0.1, 0.15) is 19.4 Å². The van der Waals surface area contributed by atoms with Crippen molar-refractivity contribution >= 4 is 6.08 Å². The maximum Gasteiger partial charge on any atom is 0.166 e. The predicted molar refractivity (Wildman–Crippen MR) is 53.4 cm³/mol. The molecule has 0 bridgehead atoms. The topological polar surface area (TPSA) is 18.5 Å². The van der Waals surface area contributed by atoms with Gasteiger partial charge < -0.3 is 4.89 Å². The number of hydrogen-bond acceptors (Lipinski definition) is 2. The van der Waals surface area contributed by atoms with Crippen LogP contribution in [-0.4, -0.2) is 6.10 Å². The fraction of sp³-hybridized carbons (Fsp3) is 0.273.